The minimum absolute atomic E-state index is 0.423. The van der Waals surface area contributed by atoms with Crippen molar-refractivity contribution in [3.8, 4) is 0 Å². The Kier molecular flexibility index (Phi) is 2.35. The van der Waals surface area contributed by atoms with Gasteiger partial charge in [-0.05, 0) is 13.8 Å². The molecule has 2 aromatic rings. The summed E-state index contributed by atoms with van der Waals surface area (Å²) in [7, 11) is 0. The van der Waals surface area contributed by atoms with Crippen LogP contribution in [0.2, 0.25) is 0 Å². The van der Waals surface area contributed by atoms with Crippen LogP contribution in [-0.4, -0.2) is 19.3 Å². The summed E-state index contributed by atoms with van der Waals surface area (Å²) in [6.07, 6.45) is 9.52. The first-order valence-electron chi connectivity index (χ1n) is 4.74. The fourth-order valence-corrected chi connectivity index (χ4v) is 1.33. The zero-order chi connectivity index (χ0) is 9.97. The fourth-order valence-electron chi connectivity index (χ4n) is 1.33. The summed E-state index contributed by atoms with van der Waals surface area (Å²) in [6, 6.07) is 0.423. The average molecular weight is 190 g/mol. The molecule has 0 spiro atoms. The SMILES string of the molecule is CC(C)n1cc(Cn2ccnc2)cn1. The van der Waals surface area contributed by atoms with Gasteiger partial charge in [0.05, 0.1) is 19.1 Å². The van der Waals surface area contributed by atoms with Crippen LogP contribution in [-0.2, 0) is 6.54 Å². The lowest BCUT2D eigenvalue weighted by Gasteiger charge is -2.03. The zero-order valence-corrected chi connectivity index (χ0v) is 8.46. The van der Waals surface area contributed by atoms with Crippen molar-refractivity contribution in [1.29, 1.82) is 0 Å². The molecule has 0 saturated heterocycles. The first-order valence-corrected chi connectivity index (χ1v) is 4.74. The second-order valence-electron chi connectivity index (χ2n) is 3.66. The highest BCUT2D eigenvalue weighted by Gasteiger charge is 2.01. The third kappa shape index (κ3) is 1.84. The standard InChI is InChI=1S/C10H14N4/c1-9(2)14-7-10(5-12-14)6-13-4-3-11-8-13/h3-5,7-9H,6H2,1-2H3. The molecule has 0 bridgehead atoms. The lowest BCUT2D eigenvalue weighted by Crippen LogP contribution is -2.00. The molecule has 0 saturated carbocycles. The van der Waals surface area contributed by atoms with Crippen molar-refractivity contribution in [2.45, 2.75) is 26.4 Å². The molecular weight excluding hydrogens is 176 g/mol. The van der Waals surface area contributed by atoms with Crippen molar-refractivity contribution in [1.82, 2.24) is 19.3 Å². The van der Waals surface area contributed by atoms with Crippen LogP contribution in [0.5, 0.6) is 0 Å². The minimum atomic E-state index is 0.423. The minimum Gasteiger partial charge on any atom is -0.333 e. The van der Waals surface area contributed by atoms with Crippen molar-refractivity contribution in [3.05, 3.63) is 36.7 Å². The second-order valence-corrected chi connectivity index (χ2v) is 3.66. The van der Waals surface area contributed by atoms with Gasteiger partial charge in [-0.3, -0.25) is 4.68 Å². The van der Waals surface area contributed by atoms with E-state index in [-0.39, 0.29) is 0 Å². The Labute approximate surface area is 83.2 Å². The molecule has 4 heteroatoms. The van der Waals surface area contributed by atoms with Gasteiger partial charge in [0.1, 0.15) is 0 Å². The van der Waals surface area contributed by atoms with Crippen LogP contribution in [0.3, 0.4) is 0 Å². The smallest absolute Gasteiger partial charge is 0.0949 e. The average Bonchev–Trinajstić information content (AvgIpc) is 2.75. The van der Waals surface area contributed by atoms with Gasteiger partial charge in [0.25, 0.3) is 0 Å². The topological polar surface area (TPSA) is 35.6 Å². The van der Waals surface area contributed by atoms with E-state index in [9.17, 15) is 0 Å². The molecule has 0 aromatic carbocycles. The molecule has 0 unspecified atom stereocenters. The van der Waals surface area contributed by atoms with Gasteiger partial charge in [-0.25, -0.2) is 4.98 Å². The molecule has 0 radical (unpaired) electrons. The van der Waals surface area contributed by atoms with Crippen molar-refractivity contribution in [2.75, 3.05) is 0 Å². The molecule has 2 heterocycles. The molecule has 0 atom stereocenters. The lowest BCUT2D eigenvalue weighted by atomic mass is 10.3. The van der Waals surface area contributed by atoms with E-state index in [1.165, 1.54) is 5.56 Å². The van der Waals surface area contributed by atoms with Crippen LogP contribution in [0.25, 0.3) is 0 Å². The molecule has 4 nitrogen and oxygen atoms in total. The van der Waals surface area contributed by atoms with Gasteiger partial charge >= 0.3 is 0 Å². The molecule has 0 aliphatic carbocycles. The van der Waals surface area contributed by atoms with Gasteiger partial charge in [0.2, 0.25) is 0 Å². The molecule has 0 aliphatic rings. The number of hydrogen-bond acceptors (Lipinski definition) is 2. The van der Waals surface area contributed by atoms with Crippen LogP contribution in [0.1, 0.15) is 25.5 Å². The Hall–Kier alpha value is -1.58. The van der Waals surface area contributed by atoms with E-state index < -0.39 is 0 Å². The maximum absolute atomic E-state index is 4.28. The molecule has 0 amide bonds. The molecule has 0 N–H and O–H groups in total. The van der Waals surface area contributed by atoms with Gasteiger partial charge in [-0.15, -0.1) is 0 Å². The molecule has 0 aliphatic heterocycles. The van der Waals surface area contributed by atoms with Crippen molar-refractivity contribution < 1.29 is 0 Å². The third-order valence-corrected chi connectivity index (χ3v) is 2.11. The summed E-state index contributed by atoms with van der Waals surface area (Å²) in [4.78, 5) is 4.00. The number of aromatic nitrogens is 4. The molecule has 74 valence electrons. The van der Waals surface area contributed by atoms with Crippen molar-refractivity contribution in [3.63, 3.8) is 0 Å². The highest BCUT2D eigenvalue weighted by molar-refractivity contribution is 5.05. The summed E-state index contributed by atoms with van der Waals surface area (Å²) in [5.74, 6) is 0. The number of hydrogen-bond donors (Lipinski definition) is 0. The molecule has 2 aromatic heterocycles. The van der Waals surface area contributed by atoms with Gasteiger partial charge in [0.15, 0.2) is 0 Å². The summed E-state index contributed by atoms with van der Waals surface area (Å²) < 4.78 is 3.99. The Bertz CT molecular complexity index is 386. The Balaban J connectivity index is 2.11. The Morgan fingerprint density at radius 1 is 1.43 bits per heavy atom. The van der Waals surface area contributed by atoms with Gasteiger partial charge in [-0.1, -0.05) is 0 Å². The summed E-state index contributed by atoms with van der Waals surface area (Å²) in [5.41, 5.74) is 1.21. The van der Waals surface area contributed by atoms with Crippen LogP contribution in [0.15, 0.2) is 31.1 Å². The van der Waals surface area contributed by atoms with Crippen LogP contribution >= 0.6 is 0 Å². The fraction of sp³-hybridized carbons (Fsp3) is 0.400. The zero-order valence-electron chi connectivity index (χ0n) is 8.46. The first kappa shape index (κ1) is 8.99. The number of nitrogens with zero attached hydrogens (tertiary/aromatic N) is 4. The van der Waals surface area contributed by atoms with Crippen LogP contribution in [0.4, 0.5) is 0 Å². The van der Waals surface area contributed by atoms with Crippen LogP contribution in [0, 0.1) is 0 Å². The number of rotatable bonds is 3. The van der Waals surface area contributed by atoms with Crippen molar-refractivity contribution in [2.24, 2.45) is 0 Å². The lowest BCUT2D eigenvalue weighted by molar-refractivity contribution is 0.532. The summed E-state index contributed by atoms with van der Waals surface area (Å²) in [6.45, 7) is 5.08. The van der Waals surface area contributed by atoms with E-state index in [0.717, 1.165) is 6.54 Å². The van der Waals surface area contributed by atoms with Gasteiger partial charge in [0, 0.05) is 30.2 Å². The van der Waals surface area contributed by atoms with Crippen molar-refractivity contribution >= 4 is 0 Å². The monoisotopic (exact) mass is 190 g/mol. The van der Waals surface area contributed by atoms with E-state index >= 15 is 0 Å². The number of imidazole rings is 1. The Morgan fingerprint density at radius 3 is 2.86 bits per heavy atom. The first-order chi connectivity index (χ1) is 6.75. The largest absolute Gasteiger partial charge is 0.333 e. The summed E-state index contributed by atoms with van der Waals surface area (Å²) >= 11 is 0. The van der Waals surface area contributed by atoms with E-state index in [2.05, 4.69) is 30.1 Å². The summed E-state index contributed by atoms with van der Waals surface area (Å²) in [5, 5.41) is 4.28. The third-order valence-electron chi connectivity index (χ3n) is 2.11. The second kappa shape index (κ2) is 3.65. The highest BCUT2D eigenvalue weighted by atomic mass is 15.3. The molecule has 2 rings (SSSR count). The quantitative estimate of drug-likeness (QED) is 0.738. The normalized spacial score (nSPS) is 11.1. The van der Waals surface area contributed by atoms with Crippen LogP contribution < -0.4 is 0 Å². The predicted molar refractivity (Wildman–Crippen MR) is 53.9 cm³/mol. The molecular formula is C10H14N4. The van der Waals surface area contributed by atoms with Gasteiger partial charge < -0.3 is 4.57 Å². The van der Waals surface area contributed by atoms with E-state index in [1.54, 1.807) is 6.20 Å². The maximum atomic E-state index is 4.28. The highest BCUT2D eigenvalue weighted by Crippen LogP contribution is 2.06. The Morgan fingerprint density at radius 2 is 2.29 bits per heavy atom. The molecule has 0 fully saturated rings. The van der Waals surface area contributed by atoms with E-state index in [1.807, 2.05) is 28.0 Å². The van der Waals surface area contributed by atoms with Gasteiger partial charge in [-0.2, -0.15) is 5.10 Å². The predicted octanol–water partition coefficient (Wildman–Crippen LogP) is 1.71. The van der Waals surface area contributed by atoms with E-state index in [0.29, 0.717) is 6.04 Å². The molecule has 14 heavy (non-hydrogen) atoms. The maximum Gasteiger partial charge on any atom is 0.0949 e. The van der Waals surface area contributed by atoms with E-state index in [4.69, 9.17) is 0 Å².